The molecule has 3 fully saturated rings. The molecule has 9 heterocycles. The second-order valence-electron chi connectivity index (χ2n) is 26.3. The Kier molecular flexibility index (Phi) is 30.6. The number of aliphatic hydroxyl groups is 5. The highest BCUT2D eigenvalue weighted by Crippen LogP contribution is 2.46. The molecule has 0 bridgehead atoms. The predicted octanol–water partition coefficient (Wildman–Crippen LogP) is 10.0. The lowest BCUT2D eigenvalue weighted by molar-refractivity contribution is -0.256. The molecule has 12 atom stereocenters. The quantitative estimate of drug-likeness (QED) is 0.0247. The van der Waals surface area contributed by atoms with Gasteiger partial charge in [-0.2, -0.15) is 15.3 Å². The van der Waals surface area contributed by atoms with Gasteiger partial charge in [0, 0.05) is 15.8 Å². The summed E-state index contributed by atoms with van der Waals surface area (Å²) in [6.45, 7) is 9.66. The molecular formula is C81H93BF3N12O14. The van der Waals surface area contributed by atoms with Gasteiger partial charge in [0.1, 0.15) is 107 Å². The average Bonchev–Trinajstić information content (AvgIpc) is 1.59. The van der Waals surface area contributed by atoms with Crippen LogP contribution in [0.2, 0.25) is 6.32 Å². The first-order chi connectivity index (χ1) is 54.0. The van der Waals surface area contributed by atoms with Gasteiger partial charge in [-0.05, 0) is 96.9 Å². The fourth-order valence-corrected chi connectivity index (χ4v) is 13.3. The van der Waals surface area contributed by atoms with Crippen molar-refractivity contribution >= 4 is 41.6 Å². The van der Waals surface area contributed by atoms with E-state index in [1.54, 1.807) is 49.6 Å². The van der Waals surface area contributed by atoms with Crippen molar-refractivity contribution in [1.29, 1.82) is 0 Å². The highest BCUT2D eigenvalue weighted by Gasteiger charge is 2.60. The molecule has 6 aromatic heterocycles. The molecule has 12 aromatic rings. The van der Waals surface area contributed by atoms with E-state index < -0.39 is 71.9 Å². The zero-order valence-electron chi connectivity index (χ0n) is 61.9. The number of halogens is 3. The maximum absolute atomic E-state index is 12.3. The Labute approximate surface area is 641 Å². The van der Waals surface area contributed by atoms with E-state index in [1.165, 1.54) is 28.0 Å². The lowest BCUT2D eigenvalue weighted by atomic mass is 9.92. The average molecular weight is 1530 g/mol. The van der Waals surface area contributed by atoms with E-state index in [4.69, 9.17) is 74.1 Å². The number of benzene rings is 6. The summed E-state index contributed by atoms with van der Waals surface area (Å²) < 4.78 is 89.0. The summed E-state index contributed by atoms with van der Waals surface area (Å²) in [5, 5.41) is 62.2. The minimum atomic E-state index is -1.93. The van der Waals surface area contributed by atoms with Crippen LogP contribution in [0.3, 0.4) is 0 Å². The summed E-state index contributed by atoms with van der Waals surface area (Å²) in [6.07, 6.45) is -2.15. The Balaban J connectivity index is 0.000000176. The van der Waals surface area contributed by atoms with Crippen LogP contribution >= 0.6 is 0 Å². The van der Waals surface area contributed by atoms with Crippen molar-refractivity contribution in [2.75, 3.05) is 43.6 Å². The highest BCUT2D eigenvalue weighted by atomic mass is 20.0. The number of hydrogen-bond acceptors (Lipinski definition) is 23. The van der Waals surface area contributed by atoms with Crippen molar-refractivity contribution in [2.24, 2.45) is 0 Å². The molecule has 1 radical (unpaired) electrons. The number of anilines is 3. The van der Waals surface area contributed by atoms with Crippen LogP contribution in [-0.2, 0) is 99.3 Å². The monoisotopic (exact) mass is 1530 g/mol. The number of nitrogens with zero attached hydrogens (tertiary/aromatic N) is 9. The first-order valence-electron chi connectivity index (χ1n) is 36.1. The van der Waals surface area contributed by atoms with Crippen LogP contribution in [0.25, 0.3) is 16.6 Å². The van der Waals surface area contributed by atoms with E-state index in [0.717, 1.165) is 39.1 Å². The number of hydrogen-bond donors (Lipinski definition) is 8. The third-order valence-corrected chi connectivity index (χ3v) is 18.7. The molecule has 3 saturated heterocycles. The molecule has 11 N–H and O–H groups in total. The molecule has 0 saturated carbocycles. The van der Waals surface area contributed by atoms with Gasteiger partial charge in [0.2, 0.25) is 5.79 Å². The van der Waals surface area contributed by atoms with E-state index in [9.17, 15) is 24.7 Å². The molecule has 0 aliphatic carbocycles. The Bertz CT molecular complexity index is 4480. The van der Waals surface area contributed by atoms with Crippen molar-refractivity contribution in [3.05, 3.63) is 288 Å². The van der Waals surface area contributed by atoms with Gasteiger partial charge in [-0.3, -0.25) is 0 Å². The zero-order valence-corrected chi connectivity index (χ0v) is 61.9. The zero-order chi connectivity index (χ0) is 78.8. The minimum Gasteiger partial charge on any atom is -0.397 e. The molecule has 15 rings (SSSR count). The lowest BCUT2D eigenvalue weighted by Crippen LogP contribution is -2.45. The van der Waals surface area contributed by atoms with Gasteiger partial charge in [-0.15, -0.1) is 0 Å². The van der Waals surface area contributed by atoms with Crippen molar-refractivity contribution in [2.45, 2.75) is 146 Å². The van der Waals surface area contributed by atoms with Crippen molar-refractivity contribution in [3.63, 3.8) is 0 Å². The standard InChI is InChI=1S/C33H34N4O4.C32H32N4O5.C12H16N4O4.C2H5BF.C2H6O.F2/c1-33(29-18-17-27-32(34)35-23-36-37(27)29)31(40-21-26-15-9-4-10-16-26)30(39-20-25-13-7-3-8-14-25)28(41-33)22-38-19-24-11-5-2-6-12-24;33-31-26-16-17-28(36(26)35-22-34-31)32(37)30(40-20-25-14-8-3-9-15-25)29(39-19-24-12-6-2-7-13-24)27(41-32)21-38-18-23-10-4-1-5-11-23;1-12(10(19)9(18)7(4-17)20-12)8-3-2-6-11(13)14-5-15-16(6)8;1-2-3-4;1-2-3;1-2/h2-18,23,28,30-31H,19-22H2,1H3,(H2,34,35,36);1-17,22,27,29-30,37H,18-21H2,(H2,33,34,35);2-3,5,7,9-10,17-19H,4H2,1H3,(H2,13,14,15);2H2,1H3;3H,2H2,1H3;/t28-,30-,31-,33+;27-,29-,30-,32?;7-,9-,10-,12+;;;/m111.../s1. The Morgan fingerprint density at radius 2 is 0.739 bits per heavy atom. The molecule has 6 aromatic carbocycles. The van der Waals surface area contributed by atoms with Crippen LogP contribution in [0.1, 0.15) is 78.2 Å². The molecule has 585 valence electrons. The smallest absolute Gasteiger partial charge is 0.354 e. The number of ether oxygens (including phenoxy) is 9. The van der Waals surface area contributed by atoms with Crippen molar-refractivity contribution in [1.82, 2.24) is 43.8 Å². The topological polar surface area (TPSA) is 353 Å². The molecule has 0 amide bonds. The molecule has 1 unspecified atom stereocenters. The van der Waals surface area contributed by atoms with Gasteiger partial charge in [0.25, 0.3) is 0 Å². The van der Waals surface area contributed by atoms with E-state index >= 15 is 0 Å². The molecule has 3 aliphatic heterocycles. The summed E-state index contributed by atoms with van der Waals surface area (Å²) in [5.74, 6) is -0.936. The first kappa shape index (κ1) is 83.3. The fraction of sp³-hybridized carbons (Fsp3) is 0.333. The van der Waals surface area contributed by atoms with Gasteiger partial charge >= 0.3 is 7.56 Å². The van der Waals surface area contributed by atoms with Gasteiger partial charge in [-0.25, -0.2) is 28.5 Å². The summed E-state index contributed by atoms with van der Waals surface area (Å²) in [7, 11) is 0.625. The van der Waals surface area contributed by atoms with E-state index in [2.05, 4.69) is 42.4 Å². The minimum absolute atomic E-state index is 0.169. The first-order valence-corrected chi connectivity index (χ1v) is 36.1. The van der Waals surface area contributed by atoms with Gasteiger partial charge in [0.15, 0.2) is 17.5 Å². The second-order valence-corrected chi connectivity index (χ2v) is 26.3. The van der Waals surface area contributed by atoms with E-state index in [-0.39, 0.29) is 32.2 Å². The van der Waals surface area contributed by atoms with Crippen LogP contribution in [0, 0.1) is 0 Å². The van der Waals surface area contributed by atoms with E-state index in [1.807, 2.05) is 189 Å². The third-order valence-electron chi connectivity index (χ3n) is 18.7. The Hall–Kier alpha value is -10.1. The number of aliphatic hydroxyl groups excluding tert-OH is 4. The van der Waals surface area contributed by atoms with Gasteiger partial charge in [0.05, 0.1) is 70.8 Å². The largest absolute Gasteiger partial charge is 0.397 e. The van der Waals surface area contributed by atoms with Gasteiger partial charge in [-0.1, -0.05) is 189 Å². The van der Waals surface area contributed by atoms with Crippen LogP contribution < -0.4 is 17.2 Å². The summed E-state index contributed by atoms with van der Waals surface area (Å²) >= 11 is 0. The van der Waals surface area contributed by atoms with Crippen LogP contribution in [0.4, 0.5) is 30.9 Å². The van der Waals surface area contributed by atoms with Crippen LogP contribution in [0.15, 0.2) is 237 Å². The van der Waals surface area contributed by atoms with Crippen molar-refractivity contribution < 1.29 is 81.6 Å². The summed E-state index contributed by atoms with van der Waals surface area (Å²) in [6, 6.07) is 70.6. The second kappa shape index (κ2) is 40.7. The number of nitrogen functional groups attached to an aromatic ring is 3. The number of fused-ring (bicyclic) bond motifs is 3. The van der Waals surface area contributed by atoms with Crippen LogP contribution in [-0.4, -0.2) is 158 Å². The number of aromatic nitrogens is 9. The maximum atomic E-state index is 12.3. The Morgan fingerprint density at radius 3 is 1.10 bits per heavy atom. The summed E-state index contributed by atoms with van der Waals surface area (Å²) in [5.41, 5.74) is 25.7. The molecule has 30 heteroatoms. The van der Waals surface area contributed by atoms with E-state index in [0.29, 0.717) is 93.1 Å². The van der Waals surface area contributed by atoms with Crippen LogP contribution in [0.5, 0.6) is 0 Å². The number of rotatable bonds is 25. The highest BCUT2D eigenvalue weighted by molar-refractivity contribution is 6.25. The molecule has 3 aliphatic rings. The summed E-state index contributed by atoms with van der Waals surface area (Å²) in [4.78, 5) is 12.1. The molecule has 0 spiro atoms. The Morgan fingerprint density at radius 1 is 0.432 bits per heavy atom. The molecule has 111 heavy (non-hydrogen) atoms. The SMILES string of the molecule is CCO.CC[B]F.C[C@@]1(c2ccc3c(N)ncnn23)O[C@H](CO)[C@@H](O)[C@H]1O.C[C@@]1(c2ccc3c(N)ncnn23)O[C@H](COCc2ccccc2)[C@@H](OCc2ccccc2)[C@H]1OCc1ccccc1.FF.Nc1ncnn2c(C3(O)O[C@H](COCc4ccccc4)[C@@H](OCc4ccccc4)[C@H]3OCc3ccccc3)ccc12. The predicted molar refractivity (Wildman–Crippen MR) is 409 cm³/mol. The third kappa shape index (κ3) is 20.3. The fourth-order valence-electron chi connectivity index (χ4n) is 13.3. The molecular weight excluding hydrogens is 1430 g/mol. The molecule has 26 nitrogen and oxygen atoms in total. The lowest BCUT2D eigenvalue weighted by Gasteiger charge is -2.32. The normalized spacial score (nSPS) is 23.0. The number of nitrogens with two attached hydrogens (primary N) is 3. The maximum Gasteiger partial charge on any atom is 0.354 e. The van der Waals surface area contributed by atoms with Gasteiger partial charge < -0.3 is 89.7 Å². The van der Waals surface area contributed by atoms with Crippen molar-refractivity contribution in [3.8, 4) is 0 Å².